The highest BCUT2D eigenvalue weighted by Crippen LogP contribution is 2.45. The molecule has 6 atom stereocenters. The zero-order valence-corrected chi connectivity index (χ0v) is 30.6. The molecule has 2 aromatic carbocycles. The molecular weight excluding hydrogens is 676 g/mol. The van der Waals surface area contributed by atoms with E-state index in [4.69, 9.17) is 31.3 Å². The van der Waals surface area contributed by atoms with Crippen molar-refractivity contribution in [3.8, 4) is 5.75 Å². The third-order valence-corrected chi connectivity index (χ3v) is 9.36. The number of hydrogen-bond donors (Lipinski definition) is 3. The Balaban J connectivity index is 1.59. The van der Waals surface area contributed by atoms with E-state index in [-0.39, 0.29) is 50.0 Å². The van der Waals surface area contributed by atoms with Crippen LogP contribution in [0.25, 0.3) is 10.4 Å². The number of esters is 1. The number of methoxy groups -OCH3 is 1. The van der Waals surface area contributed by atoms with Crippen LogP contribution >= 0.6 is 11.6 Å². The van der Waals surface area contributed by atoms with Crippen molar-refractivity contribution in [2.75, 3.05) is 13.7 Å². The molecule has 51 heavy (non-hydrogen) atoms. The fraction of sp³-hybridized carbons (Fsp3) is 0.514. The number of cyclic esters (lactones) is 1. The van der Waals surface area contributed by atoms with Crippen LogP contribution in [0, 0.1) is 17.3 Å². The van der Waals surface area contributed by atoms with Crippen molar-refractivity contribution in [1.82, 2.24) is 16.0 Å². The fourth-order valence-electron chi connectivity index (χ4n) is 5.89. The minimum Gasteiger partial charge on any atom is -0.495 e. The number of benzene rings is 2. The highest BCUT2D eigenvalue weighted by molar-refractivity contribution is 6.32. The van der Waals surface area contributed by atoms with Gasteiger partial charge in [0, 0.05) is 30.2 Å². The first kappa shape index (κ1) is 39.2. The number of azide groups is 1. The van der Waals surface area contributed by atoms with Gasteiger partial charge in [-0.05, 0) is 66.6 Å². The molecule has 1 saturated heterocycles. The van der Waals surface area contributed by atoms with E-state index in [1.54, 1.807) is 38.1 Å². The second-order valence-corrected chi connectivity index (χ2v) is 14.5. The van der Waals surface area contributed by atoms with Crippen molar-refractivity contribution in [2.24, 2.45) is 22.4 Å². The molecule has 0 aliphatic carbocycles. The fourth-order valence-corrected chi connectivity index (χ4v) is 6.17. The Kier molecular flexibility index (Phi) is 13.5. The van der Waals surface area contributed by atoms with Crippen LogP contribution in [0.3, 0.4) is 0 Å². The first-order chi connectivity index (χ1) is 24.2. The largest absolute Gasteiger partial charge is 0.495 e. The molecule has 2 heterocycles. The van der Waals surface area contributed by atoms with E-state index >= 15 is 0 Å². The zero-order valence-electron chi connectivity index (χ0n) is 29.9. The Morgan fingerprint density at radius 2 is 1.75 bits per heavy atom. The normalized spacial score (nSPS) is 24.7. The topological polar surface area (TPSA) is 184 Å². The second kappa shape index (κ2) is 17.6. The number of halogens is 1. The van der Waals surface area contributed by atoms with Gasteiger partial charge in [0.15, 0.2) is 0 Å². The number of rotatable bonds is 10. The van der Waals surface area contributed by atoms with E-state index < -0.39 is 47.3 Å². The molecule has 1 fully saturated rings. The van der Waals surface area contributed by atoms with Crippen LogP contribution < -0.4 is 20.7 Å². The van der Waals surface area contributed by atoms with Crippen molar-refractivity contribution in [3.63, 3.8) is 0 Å². The van der Waals surface area contributed by atoms with Crippen LogP contribution in [-0.4, -0.2) is 61.6 Å². The molecular formula is C37H47ClN6O7. The molecule has 3 N–H and O–H groups in total. The molecule has 0 radical (unpaired) electrons. The van der Waals surface area contributed by atoms with Crippen molar-refractivity contribution < 1.29 is 33.4 Å². The van der Waals surface area contributed by atoms with Gasteiger partial charge in [0.05, 0.1) is 30.2 Å². The summed E-state index contributed by atoms with van der Waals surface area (Å²) in [6.45, 7) is 9.34. The van der Waals surface area contributed by atoms with Gasteiger partial charge in [-0.3, -0.25) is 14.4 Å². The number of carbonyl (C=O) groups excluding carboxylic acids is 4. The molecule has 2 aliphatic heterocycles. The molecule has 13 nitrogen and oxygen atoms in total. The lowest BCUT2D eigenvalue weighted by Crippen LogP contribution is -2.54. The van der Waals surface area contributed by atoms with Gasteiger partial charge in [-0.1, -0.05) is 73.9 Å². The highest BCUT2D eigenvalue weighted by atomic mass is 35.5. The summed E-state index contributed by atoms with van der Waals surface area (Å²) in [7, 11) is 1.50. The molecule has 2 aromatic rings. The van der Waals surface area contributed by atoms with Crippen LogP contribution in [-0.2, 0) is 41.6 Å². The van der Waals surface area contributed by atoms with Crippen LogP contribution in [0.4, 0.5) is 0 Å². The van der Waals surface area contributed by atoms with Crippen molar-refractivity contribution in [1.29, 1.82) is 0 Å². The number of epoxide rings is 1. The summed E-state index contributed by atoms with van der Waals surface area (Å²) in [5, 5.41) is 12.4. The van der Waals surface area contributed by atoms with Crippen LogP contribution in [0.2, 0.25) is 5.02 Å². The maximum Gasteiger partial charge on any atom is 0.328 e. The molecule has 0 bridgehead atoms. The van der Waals surface area contributed by atoms with Crippen molar-refractivity contribution in [2.45, 2.75) is 90.8 Å². The Morgan fingerprint density at radius 3 is 2.39 bits per heavy atom. The quantitative estimate of drug-likeness (QED) is 0.0950. The average molecular weight is 723 g/mol. The first-order valence-corrected chi connectivity index (χ1v) is 17.4. The van der Waals surface area contributed by atoms with Crippen molar-refractivity contribution >= 4 is 35.3 Å². The molecule has 0 aromatic heterocycles. The molecule has 14 heteroatoms. The lowest BCUT2D eigenvalue weighted by atomic mass is 9.90. The summed E-state index contributed by atoms with van der Waals surface area (Å²) in [6.07, 6.45) is 2.36. The summed E-state index contributed by atoms with van der Waals surface area (Å²) in [4.78, 5) is 56.8. The number of ether oxygens (including phenoxy) is 3. The monoisotopic (exact) mass is 722 g/mol. The SMILES string of the molecule is COc1ccc(C[C@H]2NC(=O)C=CC[C@@H]([C@H](C)[C@H]3O[C@@H]3c3ccc(CN=[N+]=[N-])cc3)OC(=O)[C@H](CC(C)C)NC(=O)C(C)(C)CNC2=O)cc1Cl. The Morgan fingerprint density at radius 1 is 1.04 bits per heavy atom. The van der Waals surface area contributed by atoms with Crippen LogP contribution in [0.5, 0.6) is 5.75 Å². The molecule has 3 amide bonds. The Bertz CT molecular complexity index is 1660. The van der Waals surface area contributed by atoms with E-state index in [0.29, 0.717) is 22.8 Å². The molecule has 0 spiro atoms. The summed E-state index contributed by atoms with van der Waals surface area (Å²) in [6, 6.07) is 10.8. The molecule has 4 rings (SSSR count). The maximum atomic E-state index is 13.7. The van der Waals surface area contributed by atoms with Gasteiger partial charge in [-0.2, -0.15) is 0 Å². The van der Waals surface area contributed by atoms with Gasteiger partial charge in [0.2, 0.25) is 17.7 Å². The lowest BCUT2D eigenvalue weighted by molar-refractivity contribution is -0.157. The predicted octanol–water partition coefficient (Wildman–Crippen LogP) is 5.51. The van der Waals surface area contributed by atoms with Crippen LogP contribution in [0.15, 0.2) is 59.7 Å². The summed E-state index contributed by atoms with van der Waals surface area (Å²) in [5.74, 6) is -1.78. The predicted molar refractivity (Wildman–Crippen MR) is 192 cm³/mol. The van der Waals surface area contributed by atoms with Gasteiger partial charge in [-0.25, -0.2) is 4.79 Å². The highest BCUT2D eigenvalue weighted by Gasteiger charge is 2.47. The number of carbonyl (C=O) groups is 4. The Hall–Kier alpha value is -4.58. The summed E-state index contributed by atoms with van der Waals surface area (Å²) < 4.78 is 17.4. The third-order valence-electron chi connectivity index (χ3n) is 9.07. The summed E-state index contributed by atoms with van der Waals surface area (Å²) >= 11 is 6.33. The van der Waals surface area contributed by atoms with E-state index in [1.807, 2.05) is 45.0 Å². The molecule has 0 saturated carbocycles. The smallest absolute Gasteiger partial charge is 0.328 e. The number of nitrogens with one attached hydrogen (secondary N) is 3. The van der Waals surface area contributed by atoms with Gasteiger partial charge in [-0.15, -0.1) is 0 Å². The Labute approximate surface area is 303 Å². The van der Waals surface area contributed by atoms with Gasteiger partial charge >= 0.3 is 5.97 Å². The van der Waals surface area contributed by atoms with Crippen molar-refractivity contribution in [3.05, 3.63) is 86.8 Å². The molecule has 0 unspecified atom stereocenters. The summed E-state index contributed by atoms with van der Waals surface area (Å²) in [5.41, 5.74) is 9.99. The lowest BCUT2D eigenvalue weighted by Gasteiger charge is -2.30. The molecule has 274 valence electrons. The van der Waals surface area contributed by atoms with E-state index in [2.05, 4.69) is 26.0 Å². The van der Waals surface area contributed by atoms with E-state index in [0.717, 1.165) is 11.1 Å². The third kappa shape index (κ3) is 11.0. The number of nitrogens with zero attached hydrogens (tertiary/aromatic N) is 3. The second-order valence-electron chi connectivity index (χ2n) is 14.1. The van der Waals surface area contributed by atoms with E-state index in [9.17, 15) is 19.2 Å². The minimum atomic E-state index is -1.11. The maximum absolute atomic E-state index is 13.7. The first-order valence-electron chi connectivity index (χ1n) is 17.1. The number of amides is 3. The van der Waals surface area contributed by atoms with Crippen LogP contribution in [0.1, 0.15) is 70.3 Å². The van der Waals surface area contributed by atoms with E-state index in [1.165, 1.54) is 13.2 Å². The van der Waals surface area contributed by atoms with Gasteiger partial charge in [0.1, 0.15) is 30.0 Å². The standard InChI is InChI=1S/C37H47ClN6O7/c1-21(2)16-28-35(47)50-29(22(3)32-33(51-32)25-13-10-23(11-14-25)19-41-44-39)8-7-9-31(45)42-27(18-24-12-15-30(49-6)26(38)17-24)34(46)40-20-37(4,5)36(48)43-28/h7,9-15,17,21-22,27-29,32-33H,8,16,18-20H2,1-6H3,(H,40,46)(H,42,45)(H,43,48)/t22-,27+,28-,29-,32+,33+/m0/s1. The zero-order chi connectivity index (χ0) is 37.3. The van der Waals surface area contributed by atoms with Gasteiger partial charge in [0.25, 0.3) is 0 Å². The van der Waals surface area contributed by atoms with Gasteiger partial charge < -0.3 is 30.2 Å². The average Bonchev–Trinajstić information content (AvgIpc) is 3.89. The molecule has 2 aliphatic rings. The number of hydrogen-bond acceptors (Lipinski definition) is 8. The minimum absolute atomic E-state index is 0.0563.